The van der Waals surface area contributed by atoms with Crippen LogP contribution in [0.1, 0.15) is 24.1 Å². The molecule has 0 amide bonds. The maximum absolute atomic E-state index is 5.42. The number of hydrogen-bond acceptors (Lipinski definition) is 7. The van der Waals surface area contributed by atoms with E-state index in [9.17, 15) is 0 Å². The Morgan fingerprint density at radius 2 is 2.10 bits per heavy atom. The van der Waals surface area contributed by atoms with Gasteiger partial charge in [-0.2, -0.15) is 10.1 Å². The molecular weight excluding hydrogens is 366 g/mol. The number of aromatic nitrogens is 4. The zero-order valence-electron chi connectivity index (χ0n) is 16.5. The van der Waals surface area contributed by atoms with Crippen LogP contribution in [0.15, 0.2) is 36.4 Å². The van der Waals surface area contributed by atoms with E-state index < -0.39 is 0 Å². The van der Waals surface area contributed by atoms with E-state index >= 15 is 0 Å². The molecule has 0 bridgehead atoms. The van der Waals surface area contributed by atoms with Gasteiger partial charge in [-0.1, -0.05) is 30.3 Å². The van der Waals surface area contributed by atoms with E-state index in [-0.39, 0.29) is 0 Å². The number of methoxy groups -OCH3 is 1. The highest BCUT2D eigenvalue weighted by Crippen LogP contribution is 2.30. The van der Waals surface area contributed by atoms with Crippen molar-refractivity contribution in [3.63, 3.8) is 0 Å². The van der Waals surface area contributed by atoms with E-state index in [1.807, 2.05) is 24.3 Å². The molecular formula is C21H25N7O. The van der Waals surface area contributed by atoms with Gasteiger partial charge in [-0.25, -0.2) is 4.98 Å². The van der Waals surface area contributed by atoms with Crippen molar-refractivity contribution in [2.45, 2.75) is 32.0 Å². The van der Waals surface area contributed by atoms with Crippen LogP contribution in [0.25, 0.3) is 11.3 Å². The topological polar surface area (TPSA) is 91.0 Å². The first-order valence-electron chi connectivity index (χ1n) is 10.1. The molecule has 5 rings (SSSR count). The van der Waals surface area contributed by atoms with E-state index in [0.717, 1.165) is 67.0 Å². The van der Waals surface area contributed by atoms with E-state index in [4.69, 9.17) is 14.7 Å². The zero-order valence-corrected chi connectivity index (χ0v) is 16.5. The minimum atomic E-state index is 0.303. The van der Waals surface area contributed by atoms with Gasteiger partial charge in [0, 0.05) is 43.9 Å². The van der Waals surface area contributed by atoms with E-state index in [1.165, 1.54) is 5.56 Å². The fourth-order valence-corrected chi connectivity index (χ4v) is 4.12. The van der Waals surface area contributed by atoms with Crippen LogP contribution < -0.4 is 15.5 Å². The fourth-order valence-electron chi connectivity index (χ4n) is 4.12. The van der Waals surface area contributed by atoms with Crippen LogP contribution in [-0.2, 0) is 17.8 Å². The Morgan fingerprint density at radius 1 is 1.21 bits per heavy atom. The Bertz CT molecular complexity index is 988. The van der Waals surface area contributed by atoms with Crippen LogP contribution in [-0.4, -0.2) is 46.5 Å². The molecule has 2 aliphatic heterocycles. The second kappa shape index (κ2) is 7.81. The number of benzene rings is 1. The van der Waals surface area contributed by atoms with Crippen molar-refractivity contribution in [2.24, 2.45) is 0 Å². The molecule has 8 nitrogen and oxygen atoms in total. The maximum atomic E-state index is 5.42. The number of nitrogens with one attached hydrogen (secondary N) is 3. The van der Waals surface area contributed by atoms with Gasteiger partial charge < -0.3 is 20.3 Å². The minimum absolute atomic E-state index is 0.303. The molecule has 0 saturated carbocycles. The van der Waals surface area contributed by atoms with Gasteiger partial charge >= 0.3 is 0 Å². The lowest BCUT2D eigenvalue weighted by atomic mass is 10.1. The number of H-pyrrole nitrogens is 1. The molecule has 1 aromatic carbocycles. The van der Waals surface area contributed by atoms with Crippen molar-refractivity contribution >= 4 is 17.6 Å². The summed E-state index contributed by atoms with van der Waals surface area (Å²) in [4.78, 5) is 12.0. The molecule has 1 saturated heterocycles. The summed E-state index contributed by atoms with van der Waals surface area (Å²) in [6.45, 7) is 3.24. The lowest BCUT2D eigenvalue weighted by molar-refractivity contribution is 0.180. The van der Waals surface area contributed by atoms with Crippen molar-refractivity contribution in [3.8, 4) is 11.3 Å². The van der Waals surface area contributed by atoms with Crippen molar-refractivity contribution in [1.29, 1.82) is 0 Å². The SMILES string of the molecule is COC[C@@H]1CCCN1c1nc(Nc2n[nH]c3c2CNC3)cc(-c2ccccc2)n1. The monoisotopic (exact) mass is 391 g/mol. The third-order valence-electron chi connectivity index (χ3n) is 5.58. The number of ether oxygens (including phenoxy) is 1. The lowest BCUT2D eigenvalue weighted by Crippen LogP contribution is -2.34. The summed E-state index contributed by atoms with van der Waals surface area (Å²) in [5, 5.41) is 14.3. The third-order valence-corrected chi connectivity index (χ3v) is 5.58. The average molecular weight is 391 g/mol. The van der Waals surface area contributed by atoms with Gasteiger partial charge in [0.2, 0.25) is 5.95 Å². The number of anilines is 3. The highest BCUT2D eigenvalue weighted by Gasteiger charge is 2.27. The zero-order chi connectivity index (χ0) is 19.6. The van der Waals surface area contributed by atoms with Crippen molar-refractivity contribution < 1.29 is 4.74 Å². The van der Waals surface area contributed by atoms with Crippen LogP contribution in [0.4, 0.5) is 17.6 Å². The second-order valence-corrected chi connectivity index (χ2v) is 7.51. The summed E-state index contributed by atoms with van der Waals surface area (Å²) in [5.41, 5.74) is 4.26. The Balaban J connectivity index is 1.53. The molecule has 29 heavy (non-hydrogen) atoms. The van der Waals surface area contributed by atoms with Crippen molar-refractivity contribution in [1.82, 2.24) is 25.5 Å². The van der Waals surface area contributed by atoms with E-state index in [0.29, 0.717) is 12.6 Å². The lowest BCUT2D eigenvalue weighted by Gasteiger charge is -2.25. The average Bonchev–Trinajstić information content (AvgIpc) is 3.48. The van der Waals surface area contributed by atoms with Crippen LogP contribution in [0.2, 0.25) is 0 Å². The van der Waals surface area contributed by atoms with Crippen LogP contribution >= 0.6 is 0 Å². The summed E-state index contributed by atoms with van der Waals surface area (Å²) in [7, 11) is 1.75. The van der Waals surface area contributed by atoms with E-state index in [2.05, 4.69) is 37.9 Å². The normalized spacial score (nSPS) is 18.2. The predicted molar refractivity (Wildman–Crippen MR) is 112 cm³/mol. The minimum Gasteiger partial charge on any atom is -0.383 e. The number of fused-ring (bicyclic) bond motifs is 1. The van der Waals surface area contributed by atoms with Gasteiger partial charge in [-0.15, -0.1) is 0 Å². The highest BCUT2D eigenvalue weighted by atomic mass is 16.5. The van der Waals surface area contributed by atoms with Crippen molar-refractivity contribution in [2.75, 3.05) is 30.5 Å². The Morgan fingerprint density at radius 3 is 2.97 bits per heavy atom. The smallest absolute Gasteiger partial charge is 0.228 e. The Labute approximate surface area is 169 Å². The molecule has 1 fully saturated rings. The standard InChI is InChI=1S/C21H25N7O/c1-29-13-15-8-5-9-28(15)21-23-17(14-6-3-2-4-7-14)10-19(25-21)24-20-16-11-22-12-18(16)26-27-20/h2-4,6-7,10,15,22H,5,8-9,11-13H2,1H3,(H2,23,24,25,26,27)/t15-/m0/s1. The summed E-state index contributed by atoms with van der Waals surface area (Å²) >= 11 is 0. The third kappa shape index (κ3) is 3.56. The number of nitrogens with zero attached hydrogens (tertiary/aromatic N) is 4. The molecule has 4 heterocycles. The van der Waals surface area contributed by atoms with Gasteiger partial charge in [0.25, 0.3) is 0 Å². The van der Waals surface area contributed by atoms with Gasteiger partial charge in [-0.05, 0) is 12.8 Å². The highest BCUT2D eigenvalue weighted by molar-refractivity contribution is 5.68. The van der Waals surface area contributed by atoms with Crippen LogP contribution in [0.3, 0.4) is 0 Å². The molecule has 3 aromatic rings. The number of aromatic amines is 1. The first-order chi connectivity index (χ1) is 14.3. The van der Waals surface area contributed by atoms with Crippen LogP contribution in [0.5, 0.6) is 0 Å². The molecule has 2 aliphatic rings. The quantitative estimate of drug-likeness (QED) is 0.595. The predicted octanol–water partition coefficient (Wildman–Crippen LogP) is 2.83. The summed E-state index contributed by atoms with van der Waals surface area (Å²) in [5.74, 6) is 2.31. The first kappa shape index (κ1) is 18.1. The van der Waals surface area contributed by atoms with Crippen LogP contribution in [0, 0.1) is 0 Å². The Hall–Kier alpha value is -2.97. The van der Waals surface area contributed by atoms with E-state index in [1.54, 1.807) is 7.11 Å². The van der Waals surface area contributed by atoms with Gasteiger partial charge in [0.1, 0.15) is 5.82 Å². The maximum Gasteiger partial charge on any atom is 0.228 e. The Kier molecular flexibility index (Phi) is 4.87. The molecule has 1 atom stereocenters. The van der Waals surface area contributed by atoms with Gasteiger partial charge in [-0.3, -0.25) is 5.10 Å². The van der Waals surface area contributed by atoms with Gasteiger partial charge in [0.15, 0.2) is 5.82 Å². The summed E-state index contributed by atoms with van der Waals surface area (Å²) < 4.78 is 5.42. The molecule has 2 aromatic heterocycles. The molecule has 8 heteroatoms. The first-order valence-corrected chi connectivity index (χ1v) is 10.1. The molecule has 3 N–H and O–H groups in total. The van der Waals surface area contributed by atoms with Crippen molar-refractivity contribution in [3.05, 3.63) is 47.7 Å². The number of hydrogen-bond donors (Lipinski definition) is 3. The fraction of sp³-hybridized carbons (Fsp3) is 0.381. The largest absolute Gasteiger partial charge is 0.383 e. The van der Waals surface area contributed by atoms with Gasteiger partial charge in [0.05, 0.1) is 24.0 Å². The summed E-state index contributed by atoms with van der Waals surface area (Å²) in [6, 6.07) is 12.5. The summed E-state index contributed by atoms with van der Waals surface area (Å²) in [6.07, 6.45) is 2.21. The molecule has 0 unspecified atom stereocenters. The second-order valence-electron chi connectivity index (χ2n) is 7.51. The molecule has 0 aliphatic carbocycles. The molecule has 0 spiro atoms. The number of rotatable bonds is 6. The molecule has 150 valence electrons. The molecule has 0 radical (unpaired) electrons.